The maximum absolute atomic E-state index is 14.6. The van der Waals surface area contributed by atoms with Gasteiger partial charge in [-0.2, -0.15) is 17.0 Å². The highest BCUT2D eigenvalue weighted by Crippen LogP contribution is 2.47. The molecular weight excluding hydrogens is 586 g/mol. The van der Waals surface area contributed by atoms with E-state index in [4.69, 9.17) is 4.74 Å². The summed E-state index contributed by atoms with van der Waals surface area (Å²) in [6.45, 7) is 6.65. The van der Waals surface area contributed by atoms with Crippen LogP contribution in [0.25, 0.3) is 11.0 Å². The summed E-state index contributed by atoms with van der Waals surface area (Å²) < 4.78 is 38.4. The number of carbonyl (C=O) groups is 2. The molecule has 0 bridgehead atoms. The number of hydrogen-bond acceptors (Lipinski definition) is 9. The van der Waals surface area contributed by atoms with E-state index in [0.29, 0.717) is 43.6 Å². The van der Waals surface area contributed by atoms with Crippen LogP contribution in [0, 0.1) is 0 Å². The van der Waals surface area contributed by atoms with Crippen molar-refractivity contribution in [3.63, 3.8) is 0 Å². The monoisotopic (exact) mass is 625 g/mol. The number of hydrogen-bond donors (Lipinski definition) is 2. The summed E-state index contributed by atoms with van der Waals surface area (Å²) in [4.78, 5) is 36.0. The predicted octanol–water partition coefficient (Wildman–Crippen LogP) is 3.46. The molecule has 1 aliphatic carbocycles. The Bertz CT molecular complexity index is 1660. The second-order valence-corrected chi connectivity index (χ2v) is 14.9. The lowest BCUT2D eigenvalue weighted by Gasteiger charge is -2.44. The van der Waals surface area contributed by atoms with E-state index in [1.165, 1.54) is 16.8 Å². The number of fused-ring (bicyclic) bond motifs is 1. The maximum atomic E-state index is 14.6. The first-order chi connectivity index (χ1) is 20.8. The topological polar surface area (TPSA) is 150 Å². The van der Waals surface area contributed by atoms with Crippen molar-refractivity contribution in [3.8, 4) is 0 Å². The zero-order chi connectivity index (χ0) is 31.3. The number of nitrogens with one attached hydrogen (secondary N) is 1. The fourth-order valence-electron chi connectivity index (χ4n) is 6.54. The van der Waals surface area contributed by atoms with Gasteiger partial charge in [0.1, 0.15) is 17.7 Å². The molecule has 44 heavy (non-hydrogen) atoms. The summed E-state index contributed by atoms with van der Waals surface area (Å²) in [5.74, 6) is 0.555. The van der Waals surface area contributed by atoms with Gasteiger partial charge in [0.2, 0.25) is 0 Å². The van der Waals surface area contributed by atoms with Crippen molar-refractivity contribution in [3.05, 3.63) is 54.5 Å². The third-order valence-corrected chi connectivity index (χ3v) is 10.7. The standard InChI is InChI=1S/C30H39N7O6S/c1-28(2,3)43-27(40)36(19-29(11-7-14-33-29)18-22-8-5-4-6-9-22)44(41,42)37-17-16-34(20-30(37)12-13-30)24-23-10-15-35(26(38)39)25(23)32-21-31-24/h4-6,8-10,15,21,33H,7,11-14,16-20H2,1-3H3,(H,38,39)/t29-/m0/s1. The van der Waals surface area contributed by atoms with Gasteiger partial charge in [-0.1, -0.05) is 30.3 Å². The lowest BCUT2D eigenvalue weighted by atomic mass is 9.89. The van der Waals surface area contributed by atoms with Gasteiger partial charge in [0, 0.05) is 31.4 Å². The maximum Gasteiger partial charge on any atom is 0.425 e. The van der Waals surface area contributed by atoms with E-state index in [1.807, 2.05) is 35.2 Å². The number of carbonyl (C=O) groups excluding carboxylic acids is 1. The largest absolute Gasteiger partial charge is 0.464 e. The molecule has 2 aliphatic heterocycles. The Morgan fingerprint density at radius 3 is 2.48 bits per heavy atom. The minimum absolute atomic E-state index is 0.0509. The fourth-order valence-corrected chi connectivity index (χ4v) is 8.46. The van der Waals surface area contributed by atoms with Crippen LogP contribution in [0.2, 0.25) is 0 Å². The summed E-state index contributed by atoms with van der Waals surface area (Å²) in [5, 5.41) is 13.6. The predicted molar refractivity (Wildman–Crippen MR) is 164 cm³/mol. The van der Waals surface area contributed by atoms with Crippen molar-refractivity contribution < 1.29 is 27.9 Å². The zero-order valence-electron chi connectivity index (χ0n) is 25.3. The van der Waals surface area contributed by atoms with Crippen LogP contribution in [0.1, 0.15) is 52.0 Å². The average molecular weight is 626 g/mol. The molecule has 1 spiro atoms. The van der Waals surface area contributed by atoms with Crippen LogP contribution in [0.5, 0.6) is 0 Å². The molecule has 1 atom stereocenters. The summed E-state index contributed by atoms with van der Waals surface area (Å²) in [7, 11) is -4.30. The van der Waals surface area contributed by atoms with E-state index < -0.39 is 39.1 Å². The van der Waals surface area contributed by atoms with Crippen molar-refractivity contribution >= 4 is 39.2 Å². The molecule has 2 aromatic heterocycles. The van der Waals surface area contributed by atoms with E-state index in [-0.39, 0.29) is 18.7 Å². The number of benzene rings is 1. The van der Waals surface area contributed by atoms with Gasteiger partial charge in [0.15, 0.2) is 5.65 Å². The number of nitrogens with zero attached hydrogens (tertiary/aromatic N) is 6. The summed E-state index contributed by atoms with van der Waals surface area (Å²) in [5.41, 5.74) is -0.913. The second-order valence-electron chi connectivity index (χ2n) is 13.1. The Balaban J connectivity index is 1.30. The quantitative estimate of drug-likeness (QED) is 0.400. The highest BCUT2D eigenvalue weighted by Gasteiger charge is 2.58. The van der Waals surface area contributed by atoms with Crippen LogP contribution < -0.4 is 10.2 Å². The minimum Gasteiger partial charge on any atom is -0.464 e. The van der Waals surface area contributed by atoms with Crippen molar-refractivity contribution in [1.29, 1.82) is 0 Å². The fraction of sp³-hybridized carbons (Fsp3) is 0.533. The van der Waals surface area contributed by atoms with Crippen LogP contribution in [-0.4, -0.2) is 98.3 Å². The summed E-state index contributed by atoms with van der Waals surface area (Å²) >= 11 is 0. The molecule has 1 amide bonds. The summed E-state index contributed by atoms with van der Waals surface area (Å²) in [6.07, 6.45) is 4.13. The lowest BCUT2D eigenvalue weighted by molar-refractivity contribution is 0.0341. The molecule has 3 fully saturated rings. The van der Waals surface area contributed by atoms with Gasteiger partial charge >= 0.3 is 22.4 Å². The molecule has 1 saturated carbocycles. The van der Waals surface area contributed by atoms with Gasteiger partial charge in [-0.05, 0) is 71.0 Å². The molecule has 0 unspecified atom stereocenters. The van der Waals surface area contributed by atoms with Crippen LogP contribution in [-0.2, 0) is 21.4 Å². The Hall–Kier alpha value is -3.75. The molecule has 13 nitrogen and oxygen atoms in total. The number of anilines is 1. The molecule has 14 heteroatoms. The Labute approximate surface area is 257 Å². The van der Waals surface area contributed by atoms with Crippen LogP contribution in [0.4, 0.5) is 15.4 Å². The van der Waals surface area contributed by atoms with Crippen molar-refractivity contribution in [2.24, 2.45) is 0 Å². The van der Waals surface area contributed by atoms with Gasteiger partial charge < -0.3 is 20.1 Å². The number of amides is 1. The number of aromatic nitrogens is 3. The Morgan fingerprint density at radius 1 is 1.09 bits per heavy atom. The molecule has 4 heterocycles. The minimum atomic E-state index is -4.30. The van der Waals surface area contributed by atoms with Crippen LogP contribution in [0.15, 0.2) is 48.9 Å². The van der Waals surface area contributed by atoms with Gasteiger partial charge in [-0.25, -0.2) is 24.1 Å². The molecule has 3 aliphatic rings. The van der Waals surface area contributed by atoms with E-state index in [9.17, 15) is 23.1 Å². The first kappa shape index (κ1) is 30.3. The Morgan fingerprint density at radius 2 is 1.84 bits per heavy atom. The number of carboxylic acid groups (broad SMARTS) is 1. The van der Waals surface area contributed by atoms with E-state index >= 15 is 0 Å². The molecule has 2 N–H and O–H groups in total. The molecule has 0 radical (unpaired) electrons. The molecule has 1 aromatic carbocycles. The highest BCUT2D eigenvalue weighted by atomic mass is 32.2. The Kier molecular flexibility index (Phi) is 7.57. The first-order valence-corrected chi connectivity index (χ1v) is 16.4. The zero-order valence-corrected chi connectivity index (χ0v) is 26.1. The van der Waals surface area contributed by atoms with Crippen molar-refractivity contribution in [2.45, 2.75) is 69.6 Å². The van der Waals surface area contributed by atoms with Crippen LogP contribution >= 0.6 is 0 Å². The van der Waals surface area contributed by atoms with Crippen molar-refractivity contribution in [2.75, 3.05) is 37.6 Å². The lowest BCUT2D eigenvalue weighted by Crippen LogP contribution is -2.63. The number of rotatable bonds is 7. The molecule has 2 saturated heterocycles. The van der Waals surface area contributed by atoms with Crippen molar-refractivity contribution in [1.82, 2.24) is 28.5 Å². The van der Waals surface area contributed by atoms with Gasteiger partial charge in [0.25, 0.3) is 0 Å². The van der Waals surface area contributed by atoms with Crippen LogP contribution in [0.3, 0.4) is 0 Å². The first-order valence-electron chi connectivity index (χ1n) is 15.0. The number of piperazine rings is 1. The summed E-state index contributed by atoms with van der Waals surface area (Å²) in [6, 6.07) is 11.5. The SMILES string of the molecule is CC(C)(C)OC(=O)N(C[C@@]1(Cc2ccccc2)CCCN1)S(=O)(=O)N1CCN(c2ncnc3c2ccn3C(=O)O)CC12CC2. The molecular formula is C30H39N7O6S. The normalized spacial score (nSPS) is 21.9. The van der Waals surface area contributed by atoms with Gasteiger partial charge in [-0.3, -0.25) is 0 Å². The third kappa shape index (κ3) is 5.73. The molecule has 236 valence electrons. The average Bonchev–Trinajstić information content (AvgIpc) is 3.35. The molecule has 6 rings (SSSR count). The molecule has 3 aromatic rings. The second kappa shape index (κ2) is 11.0. The smallest absolute Gasteiger partial charge is 0.425 e. The van der Waals surface area contributed by atoms with Gasteiger partial charge in [-0.15, -0.1) is 0 Å². The van der Waals surface area contributed by atoms with Gasteiger partial charge in [0.05, 0.1) is 17.5 Å². The highest BCUT2D eigenvalue weighted by molar-refractivity contribution is 7.87. The number of ether oxygens (including phenoxy) is 1. The third-order valence-electron chi connectivity index (χ3n) is 8.70. The van der Waals surface area contributed by atoms with E-state index in [1.54, 1.807) is 26.8 Å². The van der Waals surface area contributed by atoms with E-state index in [0.717, 1.165) is 33.8 Å². The van der Waals surface area contributed by atoms with E-state index in [2.05, 4.69) is 15.3 Å².